The summed E-state index contributed by atoms with van der Waals surface area (Å²) in [4.78, 5) is 12.3. The molecule has 146 valence electrons. The van der Waals surface area contributed by atoms with Crippen molar-refractivity contribution in [1.29, 1.82) is 0 Å². The number of halogens is 1. The van der Waals surface area contributed by atoms with Gasteiger partial charge in [-0.15, -0.1) is 10.2 Å². The topological polar surface area (TPSA) is 59.8 Å². The Morgan fingerprint density at radius 1 is 1.07 bits per heavy atom. The van der Waals surface area contributed by atoms with Gasteiger partial charge in [0.25, 0.3) is 0 Å². The molecule has 2 aromatic carbocycles. The van der Waals surface area contributed by atoms with Crippen molar-refractivity contribution < 1.29 is 4.79 Å². The Bertz CT molecular complexity index is 923. The van der Waals surface area contributed by atoms with E-state index in [2.05, 4.69) is 33.9 Å². The Hall–Kier alpha value is -2.31. The summed E-state index contributed by atoms with van der Waals surface area (Å²) in [6.07, 6.45) is 1.93. The van der Waals surface area contributed by atoms with E-state index >= 15 is 0 Å². The fourth-order valence-electron chi connectivity index (χ4n) is 2.78. The van der Waals surface area contributed by atoms with Gasteiger partial charge in [0, 0.05) is 22.8 Å². The Balaban J connectivity index is 1.67. The number of amides is 1. The molecular formula is C21H23ClN4OS. The fourth-order valence-corrected chi connectivity index (χ4v) is 3.67. The Kier molecular flexibility index (Phi) is 7.12. The van der Waals surface area contributed by atoms with Gasteiger partial charge in [-0.2, -0.15) is 0 Å². The summed E-state index contributed by atoms with van der Waals surface area (Å²) in [7, 11) is 0. The third-order valence-corrected chi connectivity index (χ3v) is 5.46. The Morgan fingerprint density at radius 2 is 1.79 bits per heavy atom. The van der Waals surface area contributed by atoms with Crippen LogP contribution in [0.4, 0.5) is 5.69 Å². The van der Waals surface area contributed by atoms with Gasteiger partial charge in [0.1, 0.15) is 0 Å². The second-order valence-corrected chi connectivity index (χ2v) is 7.73. The number of benzene rings is 2. The van der Waals surface area contributed by atoms with Crippen molar-refractivity contribution in [2.45, 2.75) is 38.4 Å². The number of carbonyl (C=O) groups is 1. The summed E-state index contributed by atoms with van der Waals surface area (Å²) in [5, 5.41) is 13.0. The van der Waals surface area contributed by atoms with Gasteiger partial charge in [0.15, 0.2) is 11.0 Å². The number of hydrogen-bond acceptors (Lipinski definition) is 4. The molecule has 0 aliphatic carbocycles. The van der Waals surface area contributed by atoms with Crippen LogP contribution in [0.5, 0.6) is 0 Å². The van der Waals surface area contributed by atoms with Crippen molar-refractivity contribution in [2.24, 2.45) is 0 Å². The van der Waals surface area contributed by atoms with E-state index < -0.39 is 0 Å². The maximum atomic E-state index is 12.3. The molecule has 5 nitrogen and oxygen atoms in total. The first-order valence-corrected chi connectivity index (χ1v) is 10.7. The lowest BCUT2D eigenvalue weighted by Crippen LogP contribution is -2.14. The first-order valence-electron chi connectivity index (χ1n) is 9.31. The highest BCUT2D eigenvalue weighted by Gasteiger charge is 2.15. The zero-order valence-electron chi connectivity index (χ0n) is 16.0. The molecule has 3 aromatic rings. The van der Waals surface area contributed by atoms with E-state index in [1.54, 1.807) is 0 Å². The van der Waals surface area contributed by atoms with E-state index in [4.69, 9.17) is 11.6 Å². The summed E-state index contributed by atoms with van der Waals surface area (Å²) < 4.78 is 2.05. The lowest BCUT2D eigenvalue weighted by Gasteiger charge is -2.09. The molecule has 0 aliphatic rings. The van der Waals surface area contributed by atoms with E-state index in [0.717, 1.165) is 41.6 Å². The molecule has 0 saturated heterocycles. The van der Waals surface area contributed by atoms with Gasteiger partial charge in [0.05, 0.1) is 5.75 Å². The standard InChI is InChI=1S/C21H23ClN4OS/c1-3-13-26-20(16-7-9-17(22)10-8-16)24-25-21(26)28-14-19(27)23-18-11-5-15(4-2)6-12-18/h5-12H,3-4,13-14H2,1-2H3,(H,23,27). The molecular weight excluding hydrogens is 392 g/mol. The number of thioether (sulfide) groups is 1. The molecule has 28 heavy (non-hydrogen) atoms. The van der Waals surface area contributed by atoms with Gasteiger partial charge in [-0.3, -0.25) is 4.79 Å². The zero-order valence-corrected chi connectivity index (χ0v) is 17.6. The third-order valence-electron chi connectivity index (χ3n) is 4.24. The van der Waals surface area contributed by atoms with Crippen LogP contribution in [-0.4, -0.2) is 26.4 Å². The fraction of sp³-hybridized carbons (Fsp3) is 0.286. The molecule has 0 atom stereocenters. The molecule has 1 aromatic heterocycles. The van der Waals surface area contributed by atoms with Crippen LogP contribution in [0.1, 0.15) is 25.8 Å². The number of rotatable bonds is 8. The molecule has 1 N–H and O–H groups in total. The normalized spacial score (nSPS) is 10.8. The minimum atomic E-state index is -0.0617. The van der Waals surface area contributed by atoms with Crippen LogP contribution < -0.4 is 5.32 Å². The average Bonchev–Trinajstić information content (AvgIpc) is 3.10. The molecule has 0 fully saturated rings. The summed E-state index contributed by atoms with van der Waals surface area (Å²) in [6.45, 7) is 5.00. The number of anilines is 1. The largest absolute Gasteiger partial charge is 0.325 e. The van der Waals surface area contributed by atoms with Crippen LogP contribution in [0.15, 0.2) is 53.7 Å². The molecule has 0 aliphatic heterocycles. The Morgan fingerprint density at radius 3 is 2.43 bits per heavy atom. The SMILES string of the molecule is CCCn1c(SCC(=O)Nc2ccc(CC)cc2)nnc1-c1ccc(Cl)cc1. The molecule has 0 bridgehead atoms. The van der Waals surface area contributed by atoms with Crippen molar-refractivity contribution in [2.75, 3.05) is 11.1 Å². The first-order chi connectivity index (χ1) is 13.6. The van der Waals surface area contributed by atoms with Crippen molar-refractivity contribution in [3.05, 3.63) is 59.1 Å². The smallest absolute Gasteiger partial charge is 0.234 e. The van der Waals surface area contributed by atoms with E-state index in [9.17, 15) is 4.79 Å². The van der Waals surface area contributed by atoms with Gasteiger partial charge in [-0.05, 0) is 54.8 Å². The zero-order chi connectivity index (χ0) is 19.9. The van der Waals surface area contributed by atoms with Crippen LogP contribution in [0.2, 0.25) is 5.02 Å². The average molecular weight is 415 g/mol. The second kappa shape index (κ2) is 9.75. The highest BCUT2D eigenvalue weighted by atomic mass is 35.5. The molecule has 0 saturated carbocycles. The van der Waals surface area contributed by atoms with Crippen LogP contribution in [-0.2, 0) is 17.8 Å². The predicted octanol–water partition coefficient (Wildman–Crippen LogP) is 5.30. The summed E-state index contributed by atoms with van der Waals surface area (Å²) >= 11 is 7.37. The maximum Gasteiger partial charge on any atom is 0.234 e. The van der Waals surface area contributed by atoms with Gasteiger partial charge < -0.3 is 9.88 Å². The molecule has 0 radical (unpaired) electrons. The van der Waals surface area contributed by atoms with Crippen LogP contribution in [0.25, 0.3) is 11.4 Å². The van der Waals surface area contributed by atoms with E-state index in [1.807, 2.05) is 48.5 Å². The van der Waals surface area contributed by atoms with Crippen molar-refractivity contribution in [1.82, 2.24) is 14.8 Å². The van der Waals surface area contributed by atoms with Gasteiger partial charge in [0.2, 0.25) is 5.91 Å². The lowest BCUT2D eigenvalue weighted by atomic mass is 10.1. The summed E-state index contributed by atoms with van der Waals surface area (Å²) in [5.41, 5.74) is 3.01. The van der Waals surface area contributed by atoms with Gasteiger partial charge in [-0.25, -0.2) is 0 Å². The first kappa shape index (κ1) is 20.4. The molecule has 3 rings (SSSR count). The van der Waals surface area contributed by atoms with Crippen molar-refractivity contribution >= 4 is 35.0 Å². The predicted molar refractivity (Wildman–Crippen MR) is 116 cm³/mol. The van der Waals surface area contributed by atoms with E-state index in [1.165, 1.54) is 17.3 Å². The monoisotopic (exact) mass is 414 g/mol. The van der Waals surface area contributed by atoms with Crippen LogP contribution >= 0.6 is 23.4 Å². The molecule has 1 amide bonds. The number of carbonyl (C=O) groups excluding carboxylic acids is 1. The number of nitrogens with one attached hydrogen (secondary N) is 1. The molecule has 1 heterocycles. The van der Waals surface area contributed by atoms with Crippen LogP contribution in [0.3, 0.4) is 0 Å². The molecule has 0 unspecified atom stereocenters. The highest BCUT2D eigenvalue weighted by Crippen LogP contribution is 2.25. The minimum absolute atomic E-state index is 0.0617. The number of hydrogen-bond donors (Lipinski definition) is 1. The lowest BCUT2D eigenvalue weighted by molar-refractivity contribution is -0.113. The quantitative estimate of drug-likeness (QED) is 0.508. The molecule has 0 spiro atoms. The van der Waals surface area contributed by atoms with Crippen LogP contribution in [0, 0.1) is 0 Å². The molecule has 7 heteroatoms. The number of aryl methyl sites for hydroxylation is 1. The summed E-state index contributed by atoms with van der Waals surface area (Å²) in [6, 6.07) is 15.5. The van der Waals surface area contributed by atoms with Gasteiger partial charge >= 0.3 is 0 Å². The summed E-state index contributed by atoms with van der Waals surface area (Å²) in [5.74, 6) is 1.00. The van der Waals surface area contributed by atoms with Gasteiger partial charge in [-0.1, -0.05) is 49.3 Å². The number of nitrogens with zero attached hydrogens (tertiary/aromatic N) is 3. The van der Waals surface area contributed by atoms with Crippen molar-refractivity contribution in [3.8, 4) is 11.4 Å². The van der Waals surface area contributed by atoms with E-state index in [-0.39, 0.29) is 11.7 Å². The third kappa shape index (κ3) is 5.14. The van der Waals surface area contributed by atoms with E-state index in [0.29, 0.717) is 5.02 Å². The number of aromatic nitrogens is 3. The van der Waals surface area contributed by atoms with Crippen molar-refractivity contribution in [3.63, 3.8) is 0 Å². The minimum Gasteiger partial charge on any atom is -0.325 e. The maximum absolute atomic E-state index is 12.3. The Labute approximate surface area is 174 Å². The second-order valence-electron chi connectivity index (χ2n) is 6.35. The highest BCUT2D eigenvalue weighted by molar-refractivity contribution is 7.99.